The van der Waals surface area contributed by atoms with Gasteiger partial charge in [0.05, 0.1) is 24.0 Å². The number of hydrogen-bond acceptors (Lipinski definition) is 6. The summed E-state index contributed by atoms with van der Waals surface area (Å²) >= 11 is 6.28. The molecule has 0 spiro atoms. The maximum Gasteiger partial charge on any atom is 0.308 e. The maximum absolute atomic E-state index is 12.9. The average molecular weight is 471 g/mol. The molecule has 172 valence electrons. The summed E-state index contributed by atoms with van der Waals surface area (Å²) in [5, 5.41) is 7.57. The van der Waals surface area contributed by atoms with Crippen molar-refractivity contribution in [3.8, 4) is 0 Å². The lowest BCUT2D eigenvalue weighted by Crippen LogP contribution is -2.37. The number of hydrogen-bond donors (Lipinski definition) is 2. The summed E-state index contributed by atoms with van der Waals surface area (Å²) < 4.78 is 6.07. The van der Waals surface area contributed by atoms with Crippen molar-refractivity contribution in [1.82, 2.24) is 15.1 Å². The average Bonchev–Trinajstić information content (AvgIpc) is 2.75. The minimum absolute atomic E-state index is 0.124. The third-order valence-electron chi connectivity index (χ3n) is 4.75. The van der Waals surface area contributed by atoms with Gasteiger partial charge in [0.15, 0.2) is 5.69 Å². The molecule has 3 aromatic rings. The van der Waals surface area contributed by atoms with Crippen LogP contribution in [0.4, 0.5) is 0 Å². The van der Waals surface area contributed by atoms with Crippen LogP contribution in [0, 0.1) is 0 Å². The second kappa shape index (κ2) is 10.3. The van der Waals surface area contributed by atoms with Crippen molar-refractivity contribution in [2.75, 3.05) is 0 Å². The molecule has 0 fully saturated rings. The topological polar surface area (TPSA) is 133 Å². The van der Waals surface area contributed by atoms with Gasteiger partial charge in [-0.3, -0.25) is 19.2 Å². The molecule has 1 aromatic heterocycles. The number of nitrogens with two attached hydrogens (primary N) is 1. The lowest BCUT2D eigenvalue weighted by atomic mass is 10.0. The number of aromatic nitrogens is 2. The van der Waals surface area contributed by atoms with Crippen LogP contribution in [0.15, 0.2) is 53.3 Å². The van der Waals surface area contributed by atoms with E-state index >= 15 is 0 Å². The van der Waals surface area contributed by atoms with Gasteiger partial charge in [-0.25, -0.2) is 4.68 Å². The minimum Gasteiger partial charge on any atom is -0.463 e. The number of esters is 1. The van der Waals surface area contributed by atoms with E-state index in [0.29, 0.717) is 16.0 Å². The molecule has 0 saturated heterocycles. The fraction of sp³-hybridized carbons (Fsp3) is 0.261. The van der Waals surface area contributed by atoms with Crippen molar-refractivity contribution in [2.24, 2.45) is 5.73 Å². The zero-order valence-electron chi connectivity index (χ0n) is 18.1. The fourth-order valence-corrected chi connectivity index (χ4v) is 3.64. The van der Waals surface area contributed by atoms with Gasteiger partial charge in [-0.2, -0.15) is 5.10 Å². The quantitative estimate of drug-likeness (QED) is 0.485. The smallest absolute Gasteiger partial charge is 0.308 e. The van der Waals surface area contributed by atoms with Crippen molar-refractivity contribution < 1.29 is 19.1 Å². The van der Waals surface area contributed by atoms with Gasteiger partial charge in [0.25, 0.3) is 11.5 Å². The Morgan fingerprint density at radius 1 is 1.09 bits per heavy atom. The molecule has 2 amide bonds. The standard InChI is InChI=1S/C23H23ClN4O5/c1-13(2)33-20(30)11-18(16-9-5-6-10-17(16)24)26-19(29)12-28-23(32)15-8-4-3-7-14(15)21(27-28)22(25)31/h3-10,13,18H,11-12H2,1-2H3,(H2,25,31)(H,26,29). The zero-order valence-corrected chi connectivity index (χ0v) is 18.8. The SMILES string of the molecule is CC(C)OC(=O)CC(NC(=O)Cn1nc(C(N)=O)c2ccccc2c1=O)c1ccccc1Cl. The first kappa shape index (κ1) is 23.9. The third kappa shape index (κ3) is 5.75. The van der Waals surface area contributed by atoms with Gasteiger partial charge in [-0.05, 0) is 31.5 Å². The van der Waals surface area contributed by atoms with E-state index < -0.39 is 35.9 Å². The van der Waals surface area contributed by atoms with Crippen molar-refractivity contribution in [3.05, 3.63) is 75.2 Å². The van der Waals surface area contributed by atoms with Crippen molar-refractivity contribution in [1.29, 1.82) is 0 Å². The number of fused-ring (bicyclic) bond motifs is 1. The van der Waals surface area contributed by atoms with Crippen LogP contribution in [0.2, 0.25) is 5.02 Å². The van der Waals surface area contributed by atoms with E-state index in [1.807, 2.05) is 0 Å². The number of halogens is 1. The molecule has 0 bridgehead atoms. The van der Waals surface area contributed by atoms with Gasteiger partial charge in [0.1, 0.15) is 6.54 Å². The molecule has 33 heavy (non-hydrogen) atoms. The molecule has 0 radical (unpaired) electrons. The van der Waals surface area contributed by atoms with E-state index in [0.717, 1.165) is 4.68 Å². The summed E-state index contributed by atoms with van der Waals surface area (Å²) in [6, 6.07) is 12.3. The summed E-state index contributed by atoms with van der Waals surface area (Å²) in [5.41, 5.74) is 5.25. The van der Waals surface area contributed by atoms with Crippen molar-refractivity contribution in [2.45, 2.75) is 39.0 Å². The largest absolute Gasteiger partial charge is 0.463 e. The molecule has 0 saturated carbocycles. The number of ether oxygens (including phenoxy) is 1. The van der Waals surface area contributed by atoms with Crippen LogP contribution in [0.25, 0.3) is 10.8 Å². The number of amides is 2. The number of rotatable bonds is 8. The van der Waals surface area contributed by atoms with Crippen LogP contribution in [-0.4, -0.2) is 33.7 Å². The molecule has 9 nitrogen and oxygen atoms in total. The first-order valence-electron chi connectivity index (χ1n) is 10.2. The Kier molecular flexibility index (Phi) is 7.44. The van der Waals surface area contributed by atoms with E-state index in [1.165, 1.54) is 6.07 Å². The molecule has 0 aliphatic heterocycles. The second-order valence-corrected chi connectivity index (χ2v) is 8.01. The molecule has 1 heterocycles. The lowest BCUT2D eigenvalue weighted by Gasteiger charge is -2.20. The predicted molar refractivity (Wildman–Crippen MR) is 123 cm³/mol. The van der Waals surface area contributed by atoms with Crippen LogP contribution in [0.3, 0.4) is 0 Å². The van der Waals surface area contributed by atoms with E-state index in [1.54, 1.807) is 56.3 Å². The van der Waals surface area contributed by atoms with Crippen LogP contribution < -0.4 is 16.6 Å². The highest BCUT2D eigenvalue weighted by Crippen LogP contribution is 2.25. The lowest BCUT2D eigenvalue weighted by molar-refractivity contribution is -0.148. The summed E-state index contributed by atoms with van der Waals surface area (Å²) in [6.07, 6.45) is -0.493. The zero-order chi connectivity index (χ0) is 24.1. The first-order chi connectivity index (χ1) is 15.7. The summed E-state index contributed by atoms with van der Waals surface area (Å²) in [7, 11) is 0. The number of carbonyl (C=O) groups is 3. The van der Waals surface area contributed by atoms with Crippen molar-refractivity contribution in [3.63, 3.8) is 0 Å². The molecule has 10 heteroatoms. The van der Waals surface area contributed by atoms with Gasteiger partial charge in [0.2, 0.25) is 5.91 Å². The minimum atomic E-state index is -0.828. The molecule has 0 aliphatic rings. The Morgan fingerprint density at radius 3 is 2.36 bits per heavy atom. The van der Waals surface area contributed by atoms with Gasteiger partial charge in [-0.15, -0.1) is 0 Å². The van der Waals surface area contributed by atoms with Gasteiger partial charge < -0.3 is 15.8 Å². The number of nitrogens with zero attached hydrogens (tertiary/aromatic N) is 2. The Labute approximate surface area is 194 Å². The molecule has 0 aliphatic carbocycles. The Hall–Kier alpha value is -3.72. The highest BCUT2D eigenvalue weighted by molar-refractivity contribution is 6.31. The number of carbonyl (C=O) groups excluding carboxylic acids is 3. The van der Waals surface area contributed by atoms with Crippen LogP contribution in [-0.2, 0) is 20.9 Å². The van der Waals surface area contributed by atoms with E-state index in [-0.39, 0.29) is 23.6 Å². The predicted octanol–water partition coefficient (Wildman–Crippen LogP) is 2.35. The third-order valence-corrected chi connectivity index (χ3v) is 5.09. The Morgan fingerprint density at radius 2 is 1.73 bits per heavy atom. The summed E-state index contributed by atoms with van der Waals surface area (Å²) in [4.78, 5) is 49.8. The highest BCUT2D eigenvalue weighted by atomic mass is 35.5. The molecule has 3 rings (SSSR count). The summed E-state index contributed by atoms with van der Waals surface area (Å²) in [6.45, 7) is 2.94. The van der Waals surface area contributed by atoms with Crippen LogP contribution in [0.1, 0.15) is 42.4 Å². The molecular formula is C23H23ClN4O5. The number of nitrogens with one attached hydrogen (secondary N) is 1. The normalized spacial score (nSPS) is 11.9. The molecule has 3 N–H and O–H groups in total. The summed E-state index contributed by atoms with van der Waals surface area (Å²) in [5.74, 6) is -1.96. The molecule has 2 aromatic carbocycles. The number of benzene rings is 2. The second-order valence-electron chi connectivity index (χ2n) is 7.61. The highest BCUT2D eigenvalue weighted by Gasteiger charge is 2.23. The fourth-order valence-electron chi connectivity index (χ4n) is 3.37. The van der Waals surface area contributed by atoms with E-state index in [2.05, 4.69) is 10.4 Å². The first-order valence-corrected chi connectivity index (χ1v) is 10.6. The number of primary amides is 1. The molecule has 1 unspecified atom stereocenters. The monoisotopic (exact) mass is 470 g/mol. The molecular weight excluding hydrogens is 448 g/mol. The van der Waals surface area contributed by atoms with E-state index in [4.69, 9.17) is 22.1 Å². The Bertz CT molecular complexity index is 1270. The van der Waals surface area contributed by atoms with Crippen LogP contribution in [0.5, 0.6) is 0 Å². The van der Waals surface area contributed by atoms with Gasteiger partial charge >= 0.3 is 5.97 Å². The maximum atomic E-state index is 12.9. The van der Waals surface area contributed by atoms with Crippen LogP contribution >= 0.6 is 11.6 Å². The molecule has 1 atom stereocenters. The Balaban J connectivity index is 1.90. The van der Waals surface area contributed by atoms with Gasteiger partial charge in [-0.1, -0.05) is 48.0 Å². The van der Waals surface area contributed by atoms with Gasteiger partial charge in [0, 0.05) is 10.4 Å². The van der Waals surface area contributed by atoms with E-state index in [9.17, 15) is 19.2 Å². The van der Waals surface area contributed by atoms with Crippen molar-refractivity contribution >= 4 is 40.2 Å².